The summed E-state index contributed by atoms with van der Waals surface area (Å²) < 4.78 is 15.8. The molecule has 0 unspecified atom stereocenters. The first-order chi connectivity index (χ1) is 13.7. The number of ether oxygens (including phenoxy) is 3. The molecule has 0 radical (unpaired) electrons. The quantitative estimate of drug-likeness (QED) is 0.311. The Kier molecular flexibility index (Phi) is 4.76. The number of carbonyl (C=O) groups excluding carboxylic acids is 2. The summed E-state index contributed by atoms with van der Waals surface area (Å²) in [7, 11) is 0. The van der Waals surface area contributed by atoms with Crippen LogP contribution in [0.3, 0.4) is 0 Å². The van der Waals surface area contributed by atoms with Crippen LogP contribution in [0.4, 0.5) is 4.79 Å². The first-order valence-electron chi connectivity index (χ1n) is 8.53. The molecule has 4 rings (SSSR count). The zero-order valence-corrected chi connectivity index (χ0v) is 14.6. The Morgan fingerprint density at radius 2 is 1.21 bits per heavy atom. The van der Waals surface area contributed by atoms with E-state index < -0.39 is 12.1 Å². The molecule has 138 valence electrons. The van der Waals surface area contributed by atoms with Crippen LogP contribution < -0.4 is 14.2 Å². The lowest BCUT2D eigenvalue weighted by Crippen LogP contribution is -2.17. The van der Waals surface area contributed by atoms with Gasteiger partial charge in [-0.15, -0.1) is 0 Å². The molecule has 6 heteroatoms. The molecule has 0 aliphatic carbocycles. The van der Waals surface area contributed by atoms with Crippen molar-refractivity contribution in [3.8, 4) is 17.4 Å². The zero-order chi connectivity index (χ0) is 19.3. The number of hydrogen-bond acceptors (Lipinski definition) is 5. The van der Waals surface area contributed by atoms with Gasteiger partial charge in [0, 0.05) is 10.9 Å². The van der Waals surface area contributed by atoms with E-state index in [1.165, 1.54) is 0 Å². The van der Waals surface area contributed by atoms with Gasteiger partial charge in [0.25, 0.3) is 0 Å². The molecule has 1 N–H and O–H groups in total. The maximum atomic E-state index is 12.8. The molecular weight excluding hydrogens is 358 g/mol. The second kappa shape index (κ2) is 7.67. The van der Waals surface area contributed by atoms with Gasteiger partial charge >= 0.3 is 12.1 Å². The fourth-order valence-electron chi connectivity index (χ4n) is 2.73. The van der Waals surface area contributed by atoms with Crippen molar-refractivity contribution in [2.45, 2.75) is 0 Å². The molecule has 3 aromatic carbocycles. The third-order valence-electron chi connectivity index (χ3n) is 3.96. The fourth-order valence-corrected chi connectivity index (χ4v) is 2.73. The molecule has 4 aromatic rings. The summed E-state index contributed by atoms with van der Waals surface area (Å²) in [6.45, 7) is 0. The maximum Gasteiger partial charge on any atom is 0.520 e. The number of fused-ring (bicyclic) bond motifs is 1. The SMILES string of the molecule is O=C(Oc1ccccc1)Oc1[nH]c2ccccc2c1C(=O)Oc1ccccc1. The fraction of sp³-hybridized carbons (Fsp3) is 0. The molecule has 1 heterocycles. The third-order valence-corrected chi connectivity index (χ3v) is 3.96. The molecule has 0 bridgehead atoms. The molecule has 0 amide bonds. The molecular formula is C22H15NO5. The molecule has 0 aliphatic rings. The molecule has 28 heavy (non-hydrogen) atoms. The van der Waals surface area contributed by atoms with E-state index >= 15 is 0 Å². The Morgan fingerprint density at radius 1 is 0.643 bits per heavy atom. The van der Waals surface area contributed by atoms with Gasteiger partial charge in [0.05, 0.1) is 0 Å². The molecule has 0 spiro atoms. The van der Waals surface area contributed by atoms with Crippen molar-refractivity contribution < 1.29 is 23.8 Å². The van der Waals surface area contributed by atoms with E-state index in [2.05, 4.69) is 4.98 Å². The van der Waals surface area contributed by atoms with E-state index in [9.17, 15) is 9.59 Å². The zero-order valence-electron chi connectivity index (χ0n) is 14.6. The summed E-state index contributed by atoms with van der Waals surface area (Å²) in [5.74, 6) is 0.0295. The Hall–Kier alpha value is -4.06. The number of H-pyrrole nitrogens is 1. The number of aromatic amines is 1. The first kappa shape index (κ1) is 17.4. The number of esters is 1. The smallest absolute Gasteiger partial charge is 0.423 e. The highest BCUT2D eigenvalue weighted by Gasteiger charge is 2.24. The number of hydrogen-bond donors (Lipinski definition) is 1. The van der Waals surface area contributed by atoms with E-state index in [0.29, 0.717) is 22.4 Å². The van der Waals surface area contributed by atoms with Crippen LogP contribution in [0, 0.1) is 0 Å². The van der Waals surface area contributed by atoms with Crippen molar-refractivity contribution in [1.29, 1.82) is 0 Å². The monoisotopic (exact) mass is 373 g/mol. The number of carbonyl (C=O) groups is 2. The summed E-state index contributed by atoms with van der Waals surface area (Å²) in [6.07, 6.45) is -0.966. The van der Waals surface area contributed by atoms with Crippen molar-refractivity contribution in [2.24, 2.45) is 0 Å². The number of para-hydroxylation sites is 3. The second-order valence-corrected chi connectivity index (χ2v) is 5.84. The van der Waals surface area contributed by atoms with Gasteiger partial charge in [-0.05, 0) is 30.3 Å². The van der Waals surface area contributed by atoms with Gasteiger partial charge in [0.1, 0.15) is 17.1 Å². The van der Waals surface area contributed by atoms with Gasteiger partial charge in [-0.1, -0.05) is 54.6 Å². The minimum atomic E-state index is -0.966. The third kappa shape index (κ3) is 3.71. The van der Waals surface area contributed by atoms with E-state index in [-0.39, 0.29) is 11.4 Å². The van der Waals surface area contributed by atoms with Crippen LogP contribution in [0.1, 0.15) is 10.4 Å². The van der Waals surface area contributed by atoms with E-state index in [1.807, 2.05) is 6.07 Å². The lowest BCUT2D eigenvalue weighted by Gasteiger charge is -2.07. The Morgan fingerprint density at radius 3 is 1.89 bits per heavy atom. The van der Waals surface area contributed by atoms with Crippen molar-refractivity contribution in [3.63, 3.8) is 0 Å². The van der Waals surface area contributed by atoms with Crippen LogP contribution in [-0.2, 0) is 0 Å². The van der Waals surface area contributed by atoms with Crippen molar-refractivity contribution in [1.82, 2.24) is 4.98 Å². The first-order valence-corrected chi connectivity index (χ1v) is 8.53. The highest BCUT2D eigenvalue weighted by molar-refractivity contribution is 6.08. The van der Waals surface area contributed by atoms with Crippen molar-refractivity contribution in [3.05, 3.63) is 90.5 Å². The molecule has 0 fully saturated rings. The summed E-state index contributed by atoms with van der Waals surface area (Å²) in [6, 6.07) is 24.2. The summed E-state index contributed by atoms with van der Waals surface area (Å²) in [5, 5.41) is 0.575. The van der Waals surface area contributed by atoms with E-state index in [0.717, 1.165) is 0 Å². The van der Waals surface area contributed by atoms with Gasteiger partial charge in [-0.2, -0.15) is 0 Å². The number of aromatic nitrogens is 1. The highest BCUT2D eigenvalue weighted by Crippen LogP contribution is 2.30. The summed E-state index contributed by atoms with van der Waals surface area (Å²) >= 11 is 0. The molecule has 0 aliphatic heterocycles. The topological polar surface area (TPSA) is 77.6 Å². The molecule has 0 saturated carbocycles. The normalized spacial score (nSPS) is 10.4. The predicted octanol–water partition coefficient (Wildman–Crippen LogP) is 4.96. The lowest BCUT2D eigenvalue weighted by molar-refractivity contribution is 0.0733. The van der Waals surface area contributed by atoms with Gasteiger partial charge < -0.3 is 19.2 Å². The van der Waals surface area contributed by atoms with Crippen LogP contribution in [0.15, 0.2) is 84.9 Å². The average molecular weight is 373 g/mol. The van der Waals surface area contributed by atoms with Gasteiger partial charge in [-0.25, -0.2) is 9.59 Å². The van der Waals surface area contributed by atoms with Crippen LogP contribution in [0.2, 0.25) is 0 Å². The number of nitrogens with one attached hydrogen (secondary N) is 1. The summed E-state index contributed by atoms with van der Waals surface area (Å²) in [5.41, 5.74) is 0.745. The maximum absolute atomic E-state index is 12.8. The minimum Gasteiger partial charge on any atom is -0.423 e. The predicted molar refractivity (Wildman–Crippen MR) is 103 cm³/mol. The average Bonchev–Trinajstić information content (AvgIpc) is 3.07. The Balaban J connectivity index is 1.63. The molecule has 1 aromatic heterocycles. The highest BCUT2D eigenvalue weighted by atomic mass is 16.7. The van der Waals surface area contributed by atoms with Gasteiger partial charge in [-0.3, -0.25) is 0 Å². The van der Waals surface area contributed by atoms with Crippen LogP contribution >= 0.6 is 0 Å². The van der Waals surface area contributed by atoms with E-state index in [4.69, 9.17) is 14.2 Å². The van der Waals surface area contributed by atoms with Crippen molar-refractivity contribution >= 4 is 23.0 Å². The molecule has 0 saturated heterocycles. The van der Waals surface area contributed by atoms with Crippen molar-refractivity contribution in [2.75, 3.05) is 0 Å². The van der Waals surface area contributed by atoms with Gasteiger partial charge in [0.2, 0.25) is 5.88 Å². The Labute approximate surface area is 160 Å². The standard InChI is InChI=1S/C22H15NO5/c24-21(26-15-9-3-1-4-10-15)19-17-13-7-8-14-18(17)23-20(19)28-22(25)27-16-11-5-2-6-12-16/h1-14,23H. The number of benzene rings is 3. The minimum absolute atomic E-state index is 0.0388. The molecule has 6 nitrogen and oxygen atoms in total. The van der Waals surface area contributed by atoms with Crippen LogP contribution in [0.25, 0.3) is 10.9 Å². The number of rotatable bonds is 4. The van der Waals surface area contributed by atoms with Crippen LogP contribution in [-0.4, -0.2) is 17.1 Å². The van der Waals surface area contributed by atoms with Crippen LogP contribution in [0.5, 0.6) is 17.4 Å². The lowest BCUT2D eigenvalue weighted by atomic mass is 10.2. The molecule has 0 atom stereocenters. The second-order valence-electron chi connectivity index (χ2n) is 5.84. The van der Waals surface area contributed by atoms with Gasteiger partial charge in [0.15, 0.2) is 0 Å². The van der Waals surface area contributed by atoms with E-state index in [1.54, 1.807) is 78.9 Å². The summed E-state index contributed by atoms with van der Waals surface area (Å²) in [4.78, 5) is 27.9. The Bertz CT molecular complexity index is 1120. The largest absolute Gasteiger partial charge is 0.520 e.